The molecule has 10 heteroatoms. The number of methoxy groups -OCH3 is 1. The molecular formula is C19H19F2N5O3. The number of anilines is 1. The highest BCUT2D eigenvalue weighted by Crippen LogP contribution is 2.35. The van der Waals surface area contributed by atoms with Gasteiger partial charge in [-0.2, -0.15) is 5.10 Å². The number of rotatable bonds is 5. The number of nitrogens with zero attached hydrogens (tertiary/aromatic N) is 4. The van der Waals surface area contributed by atoms with Crippen molar-refractivity contribution in [1.82, 2.24) is 19.7 Å². The Morgan fingerprint density at radius 3 is 2.83 bits per heavy atom. The highest BCUT2D eigenvalue weighted by molar-refractivity contribution is 5.90. The van der Waals surface area contributed by atoms with Crippen LogP contribution in [0, 0.1) is 0 Å². The molecule has 3 aromatic heterocycles. The summed E-state index contributed by atoms with van der Waals surface area (Å²) in [6.45, 7) is 2.07. The third kappa shape index (κ3) is 3.56. The average molecular weight is 403 g/mol. The summed E-state index contributed by atoms with van der Waals surface area (Å²) in [5.41, 5.74) is -0.133. The molecule has 8 nitrogen and oxygen atoms in total. The second kappa shape index (κ2) is 7.45. The molecule has 0 aromatic carbocycles. The molecule has 0 bridgehead atoms. The van der Waals surface area contributed by atoms with Gasteiger partial charge in [-0.15, -0.1) is 0 Å². The Labute approximate surface area is 164 Å². The molecule has 1 aliphatic rings. The van der Waals surface area contributed by atoms with Crippen LogP contribution >= 0.6 is 0 Å². The number of carbonyl (C=O) groups excluding carboxylic acids is 1. The van der Waals surface area contributed by atoms with Crippen molar-refractivity contribution in [3.8, 4) is 5.82 Å². The van der Waals surface area contributed by atoms with E-state index in [1.807, 2.05) is 0 Å². The first-order valence-corrected chi connectivity index (χ1v) is 8.97. The van der Waals surface area contributed by atoms with Crippen LogP contribution in [-0.2, 0) is 19.9 Å². The predicted molar refractivity (Wildman–Crippen MR) is 100 cm³/mol. The van der Waals surface area contributed by atoms with Crippen LogP contribution in [0.1, 0.15) is 31.0 Å². The minimum atomic E-state index is -2.69. The van der Waals surface area contributed by atoms with Gasteiger partial charge in [0.15, 0.2) is 5.82 Å². The maximum Gasteiger partial charge on any atom is 0.264 e. The van der Waals surface area contributed by atoms with Crippen LogP contribution in [-0.4, -0.2) is 46.0 Å². The molecule has 0 unspecified atom stereocenters. The molecule has 0 saturated carbocycles. The number of halogens is 2. The Morgan fingerprint density at radius 2 is 2.17 bits per heavy atom. The molecule has 0 aliphatic carbocycles. The van der Waals surface area contributed by atoms with Gasteiger partial charge in [0, 0.05) is 50.3 Å². The van der Waals surface area contributed by atoms with E-state index in [4.69, 9.17) is 9.47 Å². The van der Waals surface area contributed by atoms with Gasteiger partial charge in [-0.3, -0.25) is 4.79 Å². The number of nitrogens with one attached hydrogen (secondary N) is 1. The zero-order valence-electron chi connectivity index (χ0n) is 15.9. The first-order chi connectivity index (χ1) is 13.9. The summed E-state index contributed by atoms with van der Waals surface area (Å²) in [7, 11) is 1.51. The molecule has 1 N–H and O–H groups in total. The maximum atomic E-state index is 13.6. The van der Waals surface area contributed by atoms with E-state index in [1.54, 1.807) is 18.5 Å². The van der Waals surface area contributed by atoms with Crippen LogP contribution in [0.5, 0.6) is 0 Å². The number of carbonyl (C=O) groups is 1. The van der Waals surface area contributed by atoms with Gasteiger partial charge in [-0.25, -0.2) is 23.4 Å². The van der Waals surface area contributed by atoms with Crippen molar-refractivity contribution >= 4 is 22.6 Å². The van der Waals surface area contributed by atoms with Gasteiger partial charge in [0.05, 0.1) is 24.0 Å². The van der Waals surface area contributed by atoms with Crippen molar-refractivity contribution in [3.63, 3.8) is 0 Å². The molecule has 1 atom stereocenters. The second-order valence-corrected chi connectivity index (χ2v) is 6.81. The molecule has 1 aliphatic heterocycles. The lowest BCUT2D eigenvalue weighted by Crippen LogP contribution is -2.30. The number of alkyl halides is 2. The van der Waals surface area contributed by atoms with Crippen LogP contribution in [0.4, 0.5) is 14.6 Å². The summed E-state index contributed by atoms with van der Waals surface area (Å²) in [6, 6.07) is 4.26. The van der Waals surface area contributed by atoms with Crippen LogP contribution in [0.3, 0.4) is 0 Å². The number of amides is 1. The summed E-state index contributed by atoms with van der Waals surface area (Å²) in [6.07, 6.45) is 0.925. The number of fused-ring (bicyclic) bond motifs is 1. The van der Waals surface area contributed by atoms with E-state index in [-0.39, 0.29) is 23.9 Å². The van der Waals surface area contributed by atoms with Crippen molar-refractivity contribution in [1.29, 1.82) is 0 Å². The molecule has 29 heavy (non-hydrogen) atoms. The first-order valence-electron chi connectivity index (χ1n) is 8.97. The number of aromatic nitrogens is 4. The summed E-state index contributed by atoms with van der Waals surface area (Å²) in [5.74, 6) is 0.275. The zero-order chi connectivity index (χ0) is 20.6. The Kier molecular flexibility index (Phi) is 4.97. The van der Waals surface area contributed by atoms with Gasteiger partial charge in [-0.05, 0) is 12.1 Å². The van der Waals surface area contributed by atoms with E-state index in [1.165, 1.54) is 30.8 Å². The van der Waals surface area contributed by atoms with E-state index in [9.17, 15) is 13.6 Å². The van der Waals surface area contributed by atoms with Crippen LogP contribution in [0.15, 0.2) is 30.6 Å². The summed E-state index contributed by atoms with van der Waals surface area (Å²) < 4.78 is 39.7. The van der Waals surface area contributed by atoms with Crippen molar-refractivity contribution in [2.45, 2.75) is 25.4 Å². The molecule has 4 rings (SSSR count). The Bertz CT molecular complexity index is 1060. The second-order valence-electron chi connectivity index (χ2n) is 6.81. The van der Waals surface area contributed by atoms with Crippen LogP contribution in [0.2, 0.25) is 0 Å². The highest BCUT2D eigenvalue weighted by Gasteiger charge is 2.39. The van der Waals surface area contributed by atoms with Gasteiger partial charge in [0.25, 0.3) is 6.43 Å². The highest BCUT2D eigenvalue weighted by atomic mass is 19.3. The summed E-state index contributed by atoms with van der Waals surface area (Å²) in [4.78, 5) is 20.0. The van der Waals surface area contributed by atoms with Crippen molar-refractivity contribution in [2.24, 2.45) is 0 Å². The minimum absolute atomic E-state index is 0.187. The lowest BCUT2D eigenvalue weighted by molar-refractivity contribution is -0.114. The van der Waals surface area contributed by atoms with E-state index in [0.717, 1.165) is 0 Å². The zero-order valence-corrected chi connectivity index (χ0v) is 15.9. The number of pyridine rings is 2. The molecule has 1 amide bonds. The predicted octanol–water partition coefficient (Wildman–Crippen LogP) is 2.97. The number of ether oxygens (including phenoxy) is 2. The van der Waals surface area contributed by atoms with E-state index in [0.29, 0.717) is 35.4 Å². The van der Waals surface area contributed by atoms with Gasteiger partial charge in [0.1, 0.15) is 11.4 Å². The van der Waals surface area contributed by atoms with E-state index in [2.05, 4.69) is 20.4 Å². The lowest BCUT2D eigenvalue weighted by atomic mass is 9.96. The van der Waals surface area contributed by atoms with Gasteiger partial charge >= 0.3 is 0 Å². The Morgan fingerprint density at radius 1 is 1.34 bits per heavy atom. The molecular weight excluding hydrogens is 384 g/mol. The summed E-state index contributed by atoms with van der Waals surface area (Å²) in [5, 5.41) is 7.56. The van der Waals surface area contributed by atoms with Crippen LogP contribution in [0.25, 0.3) is 16.7 Å². The molecule has 0 spiro atoms. The van der Waals surface area contributed by atoms with Crippen molar-refractivity contribution in [3.05, 3.63) is 41.9 Å². The van der Waals surface area contributed by atoms with Gasteiger partial charge in [0.2, 0.25) is 5.91 Å². The van der Waals surface area contributed by atoms with Gasteiger partial charge < -0.3 is 14.8 Å². The fourth-order valence-electron chi connectivity index (χ4n) is 3.37. The maximum absolute atomic E-state index is 13.6. The molecule has 0 radical (unpaired) electrons. The molecule has 1 fully saturated rings. The molecule has 4 heterocycles. The SMILES string of the molecule is CO[C@@]1(c2cc(C(F)F)cc(-n3ncc4cnc(NC(C)=O)cc43)n2)CCOC1. The monoisotopic (exact) mass is 403 g/mol. The Hall–Kier alpha value is -2.98. The first kappa shape index (κ1) is 19.3. The average Bonchev–Trinajstić information content (AvgIpc) is 3.34. The van der Waals surface area contributed by atoms with Gasteiger partial charge in [-0.1, -0.05) is 0 Å². The van der Waals surface area contributed by atoms with Crippen molar-refractivity contribution < 1.29 is 23.0 Å². The molecule has 3 aromatic rings. The number of hydrogen-bond acceptors (Lipinski definition) is 6. The number of hydrogen-bond donors (Lipinski definition) is 1. The standard InChI is InChI=1S/C19H19F2N5O3/c1-11(27)24-16-7-14-13(8-22-16)9-23-26(14)17-6-12(18(20)21)5-15(25-17)19(28-2)3-4-29-10-19/h5-9,18H,3-4,10H2,1-2H3,(H,22,24,27)/t19-/m0/s1. The fraction of sp³-hybridized carbons (Fsp3) is 0.368. The van der Waals surface area contributed by atoms with E-state index >= 15 is 0 Å². The fourth-order valence-corrected chi connectivity index (χ4v) is 3.37. The molecule has 152 valence electrons. The van der Waals surface area contributed by atoms with E-state index < -0.39 is 12.0 Å². The Balaban J connectivity index is 1.87. The third-order valence-corrected chi connectivity index (χ3v) is 4.90. The smallest absolute Gasteiger partial charge is 0.264 e. The van der Waals surface area contributed by atoms with Crippen LogP contribution < -0.4 is 5.32 Å². The third-order valence-electron chi connectivity index (χ3n) is 4.90. The minimum Gasteiger partial charge on any atom is -0.378 e. The summed E-state index contributed by atoms with van der Waals surface area (Å²) >= 11 is 0. The lowest BCUT2D eigenvalue weighted by Gasteiger charge is -2.26. The molecule has 1 saturated heterocycles. The van der Waals surface area contributed by atoms with Crippen molar-refractivity contribution in [2.75, 3.05) is 25.6 Å². The quantitative estimate of drug-likeness (QED) is 0.704. The largest absolute Gasteiger partial charge is 0.378 e. The topological polar surface area (TPSA) is 91.2 Å². The normalized spacial score (nSPS) is 19.2.